The molecule has 2 aromatic carbocycles. The van der Waals surface area contributed by atoms with Gasteiger partial charge in [-0.25, -0.2) is 9.97 Å². The van der Waals surface area contributed by atoms with Crippen molar-refractivity contribution in [3.8, 4) is 17.0 Å². The summed E-state index contributed by atoms with van der Waals surface area (Å²) in [5, 5.41) is 2.57. The first kappa shape index (κ1) is 16.0. The Morgan fingerprint density at radius 1 is 1.04 bits per heavy atom. The van der Waals surface area contributed by atoms with Crippen LogP contribution < -0.4 is 4.74 Å². The molecule has 0 radical (unpaired) electrons. The second-order valence-corrected chi connectivity index (χ2v) is 6.91. The number of hydrogen-bond acceptors (Lipinski definition) is 4. The molecule has 4 aromatic rings. The van der Waals surface area contributed by atoms with Crippen LogP contribution in [-0.4, -0.2) is 22.1 Å². The van der Waals surface area contributed by atoms with E-state index in [1.165, 1.54) is 0 Å². The molecule has 0 aliphatic carbocycles. The molecule has 0 saturated carbocycles. The molecular weight excluding hydrogens is 354 g/mol. The summed E-state index contributed by atoms with van der Waals surface area (Å²) in [4.78, 5) is 13.2. The van der Waals surface area contributed by atoms with E-state index in [0.717, 1.165) is 38.0 Å². The molecule has 0 fully saturated rings. The largest absolute Gasteiger partial charge is 0.497 e. The van der Waals surface area contributed by atoms with Crippen LogP contribution in [0.3, 0.4) is 0 Å². The van der Waals surface area contributed by atoms with Crippen molar-refractivity contribution in [1.29, 1.82) is 0 Å². The normalized spacial score (nSPS) is 11.0. The molecule has 0 spiro atoms. The lowest BCUT2D eigenvalue weighted by Crippen LogP contribution is -1.84. The summed E-state index contributed by atoms with van der Waals surface area (Å²) in [7, 11) is 1.66. The van der Waals surface area contributed by atoms with Gasteiger partial charge in [-0.05, 0) is 36.4 Å². The fourth-order valence-electron chi connectivity index (χ4n) is 2.59. The minimum Gasteiger partial charge on any atom is -0.497 e. The Kier molecular flexibility index (Phi) is 4.34. The molecule has 0 bridgehead atoms. The van der Waals surface area contributed by atoms with Crippen LogP contribution in [0.1, 0.15) is 0 Å². The molecular formula is C19H14ClN3OS. The molecule has 0 amide bonds. The van der Waals surface area contributed by atoms with Crippen molar-refractivity contribution in [2.24, 2.45) is 0 Å². The van der Waals surface area contributed by atoms with Crippen LogP contribution >= 0.6 is 23.4 Å². The third-order valence-electron chi connectivity index (χ3n) is 3.78. The van der Waals surface area contributed by atoms with Gasteiger partial charge in [0.1, 0.15) is 22.7 Å². The molecule has 124 valence electrons. The van der Waals surface area contributed by atoms with Crippen LogP contribution in [-0.2, 0) is 0 Å². The van der Waals surface area contributed by atoms with Gasteiger partial charge in [0, 0.05) is 21.2 Å². The highest BCUT2D eigenvalue weighted by molar-refractivity contribution is 7.99. The summed E-state index contributed by atoms with van der Waals surface area (Å²) >= 11 is 7.65. The van der Waals surface area contributed by atoms with E-state index in [1.807, 2.05) is 48.5 Å². The highest BCUT2D eigenvalue weighted by Gasteiger charge is 2.11. The lowest BCUT2D eigenvalue weighted by molar-refractivity contribution is 0.415. The maximum absolute atomic E-state index is 6.08. The van der Waals surface area contributed by atoms with Crippen molar-refractivity contribution >= 4 is 34.4 Å². The molecule has 0 aliphatic rings. The topological polar surface area (TPSA) is 50.8 Å². The number of aromatic amines is 1. The van der Waals surface area contributed by atoms with Crippen LogP contribution in [0.5, 0.6) is 5.75 Å². The lowest BCUT2D eigenvalue weighted by atomic mass is 10.1. The minimum atomic E-state index is 0.710. The van der Waals surface area contributed by atoms with Gasteiger partial charge in [0.05, 0.1) is 12.5 Å². The Hall–Kier alpha value is -2.50. The van der Waals surface area contributed by atoms with Crippen LogP contribution in [0.15, 0.2) is 70.8 Å². The molecule has 2 aromatic heterocycles. The number of aromatic nitrogens is 3. The van der Waals surface area contributed by atoms with Gasteiger partial charge in [-0.3, -0.25) is 0 Å². The third kappa shape index (κ3) is 3.34. The lowest BCUT2D eigenvalue weighted by Gasteiger charge is -2.02. The minimum absolute atomic E-state index is 0.710. The summed E-state index contributed by atoms with van der Waals surface area (Å²) < 4.78 is 5.31. The maximum atomic E-state index is 6.08. The molecule has 25 heavy (non-hydrogen) atoms. The molecule has 2 heterocycles. The predicted molar refractivity (Wildman–Crippen MR) is 101 cm³/mol. The van der Waals surface area contributed by atoms with E-state index in [9.17, 15) is 0 Å². The van der Waals surface area contributed by atoms with Gasteiger partial charge in [-0.2, -0.15) is 0 Å². The third-order valence-corrected chi connectivity index (χ3v) is 5.02. The fraction of sp³-hybridized carbons (Fsp3) is 0.0526. The van der Waals surface area contributed by atoms with Gasteiger partial charge < -0.3 is 9.72 Å². The molecule has 0 unspecified atom stereocenters. The van der Waals surface area contributed by atoms with Crippen molar-refractivity contribution < 1.29 is 4.74 Å². The number of rotatable bonds is 4. The van der Waals surface area contributed by atoms with E-state index in [4.69, 9.17) is 16.3 Å². The number of fused-ring (bicyclic) bond motifs is 1. The van der Waals surface area contributed by atoms with Crippen LogP contribution in [0.2, 0.25) is 5.02 Å². The average molecular weight is 368 g/mol. The van der Waals surface area contributed by atoms with Crippen molar-refractivity contribution in [2.45, 2.75) is 9.92 Å². The zero-order chi connectivity index (χ0) is 17.2. The number of methoxy groups -OCH3 is 1. The van der Waals surface area contributed by atoms with Gasteiger partial charge in [0.25, 0.3) is 0 Å². The Bertz CT molecular complexity index is 1050. The summed E-state index contributed by atoms with van der Waals surface area (Å²) in [6.45, 7) is 0. The first-order valence-electron chi connectivity index (χ1n) is 7.64. The number of ether oxygens (including phenoxy) is 1. The van der Waals surface area contributed by atoms with Gasteiger partial charge in [-0.15, -0.1) is 0 Å². The van der Waals surface area contributed by atoms with Crippen molar-refractivity contribution in [1.82, 2.24) is 15.0 Å². The van der Waals surface area contributed by atoms with Gasteiger partial charge >= 0.3 is 0 Å². The van der Waals surface area contributed by atoms with E-state index in [2.05, 4.69) is 21.0 Å². The molecule has 1 N–H and O–H groups in total. The van der Waals surface area contributed by atoms with E-state index < -0.39 is 0 Å². The Morgan fingerprint density at radius 3 is 2.76 bits per heavy atom. The fourth-order valence-corrected chi connectivity index (χ4v) is 3.76. The Labute approximate surface area is 154 Å². The monoisotopic (exact) mass is 367 g/mol. The Balaban J connectivity index is 1.75. The number of nitrogens with zero attached hydrogens (tertiary/aromatic N) is 2. The predicted octanol–water partition coefficient (Wildman–Crippen LogP) is 5.44. The van der Waals surface area contributed by atoms with E-state index in [1.54, 1.807) is 25.2 Å². The zero-order valence-electron chi connectivity index (χ0n) is 13.4. The maximum Gasteiger partial charge on any atom is 0.142 e. The standard InChI is InChI=1S/C19H14ClN3OS/c1-24-14-6-2-4-12(8-14)17-10-16-18(23-17)21-11-22-19(16)25-15-7-3-5-13(20)9-15/h2-11H,1H3,(H,21,22,23). The van der Waals surface area contributed by atoms with E-state index in [-0.39, 0.29) is 0 Å². The van der Waals surface area contributed by atoms with Gasteiger partial charge in [-0.1, -0.05) is 41.6 Å². The Morgan fingerprint density at radius 2 is 1.92 bits per heavy atom. The molecule has 0 saturated heterocycles. The van der Waals surface area contributed by atoms with E-state index >= 15 is 0 Å². The van der Waals surface area contributed by atoms with Crippen molar-refractivity contribution in [3.05, 3.63) is 65.9 Å². The summed E-state index contributed by atoms with van der Waals surface area (Å²) in [6.07, 6.45) is 1.57. The molecule has 4 rings (SSSR count). The number of halogens is 1. The van der Waals surface area contributed by atoms with E-state index in [0.29, 0.717) is 5.02 Å². The molecule has 0 atom stereocenters. The average Bonchev–Trinajstić information content (AvgIpc) is 3.07. The first-order chi connectivity index (χ1) is 12.2. The van der Waals surface area contributed by atoms with Crippen molar-refractivity contribution in [3.63, 3.8) is 0 Å². The number of H-pyrrole nitrogens is 1. The highest BCUT2D eigenvalue weighted by Crippen LogP contribution is 2.34. The second-order valence-electron chi connectivity index (χ2n) is 5.42. The second kappa shape index (κ2) is 6.78. The summed E-state index contributed by atoms with van der Waals surface area (Å²) in [5.74, 6) is 0.816. The van der Waals surface area contributed by atoms with Crippen LogP contribution in [0, 0.1) is 0 Å². The first-order valence-corrected chi connectivity index (χ1v) is 8.84. The SMILES string of the molecule is COc1cccc(-c2cc3c(Sc4cccc(Cl)c4)ncnc3[nH]2)c1. The number of hydrogen-bond donors (Lipinski definition) is 1. The van der Waals surface area contributed by atoms with Crippen LogP contribution in [0.25, 0.3) is 22.3 Å². The quantitative estimate of drug-likeness (QED) is 0.488. The molecule has 4 nitrogen and oxygen atoms in total. The van der Waals surface area contributed by atoms with Gasteiger partial charge in [0.15, 0.2) is 0 Å². The number of benzene rings is 2. The highest BCUT2D eigenvalue weighted by atomic mass is 35.5. The van der Waals surface area contributed by atoms with Gasteiger partial charge in [0.2, 0.25) is 0 Å². The van der Waals surface area contributed by atoms with Crippen molar-refractivity contribution in [2.75, 3.05) is 7.11 Å². The molecule has 0 aliphatic heterocycles. The summed E-state index contributed by atoms with van der Waals surface area (Å²) in [6, 6.07) is 17.7. The van der Waals surface area contributed by atoms with Crippen LogP contribution in [0.4, 0.5) is 0 Å². The zero-order valence-corrected chi connectivity index (χ0v) is 14.9. The molecule has 6 heteroatoms. The number of nitrogens with one attached hydrogen (secondary N) is 1. The summed E-state index contributed by atoms with van der Waals surface area (Å²) in [5.41, 5.74) is 2.82. The smallest absolute Gasteiger partial charge is 0.142 e.